The number of benzene rings is 5. The summed E-state index contributed by atoms with van der Waals surface area (Å²) in [7, 11) is 0. The molecule has 4 nitrogen and oxygen atoms in total. The highest BCUT2D eigenvalue weighted by Gasteiger charge is 2.35. The Labute approximate surface area is 220 Å². The summed E-state index contributed by atoms with van der Waals surface area (Å²) in [5.74, 6) is 0.360. The molecule has 1 heterocycles. The van der Waals surface area contributed by atoms with Gasteiger partial charge in [0.05, 0.1) is 16.9 Å². The van der Waals surface area contributed by atoms with Gasteiger partial charge in [-0.3, -0.25) is 19.4 Å². The number of carbonyl (C=O) groups excluding carboxylic acids is 2. The van der Waals surface area contributed by atoms with Gasteiger partial charge in [0, 0.05) is 22.5 Å². The van der Waals surface area contributed by atoms with Crippen LogP contribution in [0.25, 0.3) is 10.8 Å². The number of rotatable bonds is 3. The molecule has 4 heteroatoms. The van der Waals surface area contributed by atoms with Crippen molar-refractivity contribution in [3.05, 3.63) is 156 Å². The molecular formula is C34H22N2O2. The maximum atomic E-state index is 13.4. The third kappa shape index (κ3) is 3.39. The van der Waals surface area contributed by atoms with E-state index in [0.29, 0.717) is 11.1 Å². The zero-order valence-corrected chi connectivity index (χ0v) is 20.4. The van der Waals surface area contributed by atoms with Crippen molar-refractivity contribution < 1.29 is 9.59 Å². The lowest BCUT2D eigenvalue weighted by Crippen LogP contribution is -2.21. The van der Waals surface area contributed by atoms with Gasteiger partial charge in [0.2, 0.25) is 0 Å². The molecule has 0 unspecified atom stereocenters. The maximum absolute atomic E-state index is 13.4. The monoisotopic (exact) mass is 490 g/mol. The van der Waals surface area contributed by atoms with Gasteiger partial charge in [0.15, 0.2) is 11.6 Å². The molecule has 0 saturated carbocycles. The van der Waals surface area contributed by atoms with E-state index in [0.717, 1.165) is 39.3 Å². The Hall–Kier alpha value is -5.22. The fourth-order valence-electron chi connectivity index (χ4n) is 5.35. The molecule has 1 aliphatic heterocycles. The summed E-state index contributed by atoms with van der Waals surface area (Å²) in [6, 6.07) is 39.9. The Kier molecular flexibility index (Phi) is 5.05. The van der Waals surface area contributed by atoms with E-state index < -0.39 is 0 Å². The molecular weight excluding hydrogens is 468 g/mol. The van der Waals surface area contributed by atoms with Crippen LogP contribution in [0.15, 0.2) is 145 Å². The summed E-state index contributed by atoms with van der Waals surface area (Å²) in [4.78, 5) is 31.2. The first-order valence-corrected chi connectivity index (χ1v) is 12.5. The molecule has 38 heavy (non-hydrogen) atoms. The summed E-state index contributed by atoms with van der Waals surface area (Å²) in [6.45, 7) is 0. The number of anilines is 4. The summed E-state index contributed by atoms with van der Waals surface area (Å²) >= 11 is 0. The first-order valence-electron chi connectivity index (χ1n) is 12.5. The van der Waals surface area contributed by atoms with E-state index in [-0.39, 0.29) is 17.1 Å². The Morgan fingerprint density at radius 1 is 0.474 bits per heavy atom. The van der Waals surface area contributed by atoms with Gasteiger partial charge in [-0.25, -0.2) is 0 Å². The van der Waals surface area contributed by atoms with Gasteiger partial charge in [-0.15, -0.1) is 0 Å². The third-order valence-corrected chi connectivity index (χ3v) is 7.11. The predicted molar refractivity (Wildman–Crippen MR) is 152 cm³/mol. The minimum Gasteiger partial charge on any atom is -0.294 e. The molecule has 0 fully saturated rings. The SMILES string of the molecule is O=C1C(=CC=C2N(c3ccccc3)c3ccccc3N2c2ccccc2)C(=O)c2cc3ccccc3cc21. The van der Waals surface area contributed by atoms with E-state index >= 15 is 0 Å². The predicted octanol–water partition coefficient (Wildman–Crippen LogP) is 7.98. The van der Waals surface area contributed by atoms with Crippen LogP contribution in [0.1, 0.15) is 20.7 Å². The van der Waals surface area contributed by atoms with E-state index in [1.54, 1.807) is 6.08 Å². The van der Waals surface area contributed by atoms with Gasteiger partial charge in [-0.05, 0) is 71.5 Å². The van der Waals surface area contributed by atoms with Crippen LogP contribution in [-0.2, 0) is 0 Å². The minimum atomic E-state index is -0.236. The number of Topliss-reactive ketones (excluding diaryl/α,β-unsaturated/α-hetero) is 2. The molecule has 5 aromatic rings. The van der Waals surface area contributed by atoms with E-state index in [9.17, 15) is 9.59 Å². The average molecular weight is 491 g/mol. The molecule has 180 valence electrons. The first kappa shape index (κ1) is 22.0. The van der Waals surface area contributed by atoms with E-state index in [2.05, 4.69) is 46.2 Å². The molecule has 7 rings (SSSR count). The van der Waals surface area contributed by atoms with Crippen molar-refractivity contribution in [3.8, 4) is 0 Å². The van der Waals surface area contributed by atoms with Crippen molar-refractivity contribution >= 4 is 45.1 Å². The highest BCUT2D eigenvalue weighted by molar-refractivity contribution is 6.40. The molecule has 0 aromatic heterocycles. The molecule has 0 N–H and O–H groups in total. The number of carbonyl (C=O) groups is 2. The Balaban J connectivity index is 1.40. The second kappa shape index (κ2) is 8.71. The fourth-order valence-corrected chi connectivity index (χ4v) is 5.35. The number of ketones is 2. The Morgan fingerprint density at radius 3 is 1.37 bits per heavy atom. The summed E-state index contributed by atoms with van der Waals surface area (Å²) in [5.41, 5.74) is 5.13. The molecule has 0 spiro atoms. The highest BCUT2D eigenvalue weighted by Crippen LogP contribution is 2.49. The van der Waals surface area contributed by atoms with Crippen molar-refractivity contribution in [3.63, 3.8) is 0 Å². The van der Waals surface area contributed by atoms with Crippen LogP contribution in [-0.4, -0.2) is 11.6 Å². The van der Waals surface area contributed by atoms with Crippen molar-refractivity contribution in [1.82, 2.24) is 0 Å². The summed E-state index contributed by atoms with van der Waals surface area (Å²) in [6.07, 6.45) is 3.57. The van der Waals surface area contributed by atoms with Crippen LogP contribution >= 0.6 is 0 Å². The highest BCUT2D eigenvalue weighted by atomic mass is 16.2. The summed E-state index contributed by atoms with van der Waals surface area (Å²) in [5, 5.41) is 1.90. The van der Waals surface area contributed by atoms with Gasteiger partial charge in [0.25, 0.3) is 0 Å². The molecule has 0 radical (unpaired) electrons. The Morgan fingerprint density at radius 2 is 0.895 bits per heavy atom. The van der Waals surface area contributed by atoms with Gasteiger partial charge >= 0.3 is 0 Å². The number of hydrogen-bond donors (Lipinski definition) is 0. The van der Waals surface area contributed by atoms with Crippen molar-refractivity contribution in [2.24, 2.45) is 0 Å². The lowest BCUT2D eigenvalue weighted by Gasteiger charge is -2.25. The number of nitrogens with zero attached hydrogens (tertiary/aromatic N) is 2. The van der Waals surface area contributed by atoms with E-state index in [1.807, 2.05) is 91.0 Å². The molecule has 0 bridgehead atoms. The average Bonchev–Trinajstić information content (AvgIpc) is 3.42. The van der Waals surface area contributed by atoms with Crippen LogP contribution in [0, 0.1) is 0 Å². The quantitative estimate of drug-likeness (QED) is 0.190. The third-order valence-electron chi connectivity index (χ3n) is 7.11. The smallest absolute Gasteiger partial charge is 0.197 e. The lowest BCUT2D eigenvalue weighted by atomic mass is 10.0. The maximum Gasteiger partial charge on any atom is 0.197 e. The van der Waals surface area contributed by atoms with Crippen LogP contribution in [0.3, 0.4) is 0 Å². The summed E-state index contributed by atoms with van der Waals surface area (Å²) < 4.78 is 0. The zero-order chi connectivity index (χ0) is 25.6. The van der Waals surface area contributed by atoms with Crippen molar-refractivity contribution in [2.45, 2.75) is 0 Å². The van der Waals surface area contributed by atoms with E-state index in [1.165, 1.54) is 0 Å². The van der Waals surface area contributed by atoms with Crippen LogP contribution in [0.4, 0.5) is 22.7 Å². The molecule has 0 atom stereocenters. The van der Waals surface area contributed by atoms with Crippen LogP contribution in [0.2, 0.25) is 0 Å². The number of para-hydroxylation sites is 4. The van der Waals surface area contributed by atoms with Crippen molar-refractivity contribution in [1.29, 1.82) is 0 Å². The standard InChI is InChI=1S/C34H22N2O2/c37-33-27(34(38)29-22-24-12-8-7-11-23(24)21-28(29)33)19-20-32-35(25-13-3-1-4-14-25)30-17-9-10-18-31(30)36(32)26-15-5-2-6-16-26/h1-22H. The van der Waals surface area contributed by atoms with E-state index in [4.69, 9.17) is 0 Å². The van der Waals surface area contributed by atoms with Crippen LogP contribution < -0.4 is 9.80 Å². The van der Waals surface area contributed by atoms with Gasteiger partial charge in [0.1, 0.15) is 5.82 Å². The first-order chi connectivity index (χ1) is 18.7. The van der Waals surface area contributed by atoms with Crippen molar-refractivity contribution in [2.75, 3.05) is 9.80 Å². The lowest BCUT2D eigenvalue weighted by molar-refractivity contribution is 0.0989. The molecule has 1 aliphatic carbocycles. The largest absolute Gasteiger partial charge is 0.294 e. The minimum absolute atomic E-state index is 0.180. The van der Waals surface area contributed by atoms with Gasteiger partial charge in [-0.2, -0.15) is 0 Å². The number of fused-ring (bicyclic) bond motifs is 3. The fraction of sp³-hybridized carbons (Fsp3) is 0. The Bertz CT molecular complexity index is 1680. The molecule has 2 aliphatic rings. The second-order valence-electron chi connectivity index (χ2n) is 9.34. The van der Waals surface area contributed by atoms with Gasteiger partial charge < -0.3 is 0 Å². The normalized spacial score (nSPS) is 14.2. The van der Waals surface area contributed by atoms with Crippen LogP contribution in [0.5, 0.6) is 0 Å². The molecule has 0 amide bonds. The number of hydrogen-bond acceptors (Lipinski definition) is 4. The molecule has 0 saturated heterocycles. The second-order valence-corrected chi connectivity index (χ2v) is 9.34. The topological polar surface area (TPSA) is 40.6 Å². The number of allylic oxidation sites excluding steroid dienone is 3. The van der Waals surface area contributed by atoms with Gasteiger partial charge in [-0.1, -0.05) is 72.8 Å². The molecule has 5 aromatic carbocycles. The zero-order valence-electron chi connectivity index (χ0n) is 20.4.